The molecule has 0 spiro atoms. The fourth-order valence-electron chi connectivity index (χ4n) is 2.65. The Hall–Kier alpha value is -2.14. The molecular formula is C22H30IN5O2S. The Morgan fingerprint density at radius 2 is 1.94 bits per heavy atom. The van der Waals surface area contributed by atoms with Crippen LogP contribution in [0, 0.1) is 0 Å². The average molecular weight is 555 g/mol. The van der Waals surface area contributed by atoms with Crippen LogP contribution in [0.25, 0.3) is 10.6 Å². The van der Waals surface area contributed by atoms with Crippen LogP contribution in [-0.2, 0) is 18.5 Å². The van der Waals surface area contributed by atoms with Crippen LogP contribution in [0.3, 0.4) is 0 Å². The average Bonchev–Trinajstić information content (AvgIpc) is 3.40. The molecule has 168 valence electrons. The van der Waals surface area contributed by atoms with E-state index in [0.717, 1.165) is 34.3 Å². The van der Waals surface area contributed by atoms with Crippen LogP contribution in [0.1, 0.15) is 45.0 Å². The third kappa shape index (κ3) is 7.20. The lowest BCUT2D eigenvalue weighted by molar-refractivity contribution is 0.379. The Balaban J connectivity index is 0.00000341. The molecule has 3 rings (SSSR count). The maximum Gasteiger partial charge on any atom is 0.213 e. The van der Waals surface area contributed by atoms with E-state index >= 15 is 0 Å². The van der Waals surface area contributed by atoms with E-state index < -0.39 is 0 Å². The summed E-state index contributed by atoms with van der Waals surface area (Å²) in [6, 6.07) is 7.90. The second kappa shape index (κ2) is 11.5. The van der Waals surface area contributed by atoms with Gasteiger partial charge in [0.2, 0.25) is 5.89 Å². The largest absolute Gasteiger partial charge is 0.497 e. The molecule has 7 nitrogen and oxygen atoms in total. The summed E-state index contributed by atoms with van der Waals surface area (Å²) < 4.78 is 11.0. The van der Waals surface area contributed by atoms with Crippen molar-refractivity contribution < 1.29 is 9.15 Å². The Labute approximate surface area is 204 Å². The number of nitrogens with one attached hydrogen (secondary N) is 2. The van der Waals surface area contributed by atoms with Gasteiger partial charge >= 0.3 is 0 Å². The highest BCUT2D eigenvalue weighted by Gasteiger charge is 2.19. The van der Waals surface area contributed by atoms with Gasteiger partial charge in [-0.3, -0.25) is 0 Å². The SMILES string of the molecule is CCNC(=NCc1csc(-c2ccc(OC)cc2)n1)NCc1ncc(C(C)(C)C)o1.I. The van der Waals surface area contributed by atoms with E-state index in [2.05, 4.69) is 41.4 Å². The minimum absolute atomic E-state index is 0. The number of aliphatic imine (C=N–C) groups is 1. The molecule has 0 radical (unpaired) electrons. The fourth-order valence-corrected chi connectivity index (χ4v) is 3.46. The summed E-state index contributed by atoms with van der Waals surface area (Å²) in [7, 11) is 1.66. The summed E-state index contributed by atoms with van der Waals surface area (Å²) in [5.74, 6) is 3.05. The van der Waals surface area contributed by atoms with Gasteiger partial charge < -0.3 is 19.8 Å². The molecule has 0 amide bonds. The smallest absolute Gasteiger partial charge is 0.213 e. The lowest BCUT2D eigenvalue weighted by Gasteiger charge is -2.13. The lowest BCUT2D eigenvalue weighted by atomic mass is 9.94. The van der Waals surface area contributed by atoms with E-state index in [1.54, 1.807) is 24.6 Å². The number of hydrogen-bond acceptors (Lipinski definition) is 6. The monoisotopic (exact) mass is 555 g/mol. The molecule has 31 heavy (non-hydrogen) atoms. The summed E-state index contributed by atoms with van der Waals surface area (Å²) in [5.41, 5.74) is 1.93. The summed E-state index contributed by atoms with van der Waals surface area (Å²) in [5, 5.41) is 9.52. The number of aromatic nitrogens is 2. The summed E-state index contributed by atoms with van der Waals surface area (Å²) >= 11 is 1.61. The number of halogens is 1. The highest BCUT2D eigenvalue weighted by Crippen LogP contribution is 2.26. The van der Waals surface area contributed by atoms with Crippen molar-refractivity contribution in [1.29, 1.82) is 0 Å². The second-order valence-electron chi connectivity index (χ2n) is 7.79. The standard InChI is InChI=1S/C22H29N5O2S.HI/c1-6-23-21(26-13-19-24-12-18(29-19)22(2,3)4)25-11-16-14-30-20(27-16)15-7-9-17(28-5)10-8-15;/h7-10,12,14H,6,11,13H2,1-5H3,(H2,23,25,26);1H. The molecule has 0 aliphatic heterocycles. The van der Waals surface area contributed by atoms with Crippen LogP contribution in [-0.4, -0.2) is 29.6 Å². The van der Waals surface area contributed by atoms with E-state index in [9.17, 15) is 0 Å². The van der Waals surface area contributed by atoms with E-state index in [-0.39, 0.29) is 29.4 Å². The quantitative estimate of drug-likeness (QED) is 0.243. The van der Waals surface area contributed by atoms with Gasteiger partial charge in [0.15, 0.2) is 5.96 Å². The van der Waals surface area contributed by atoms with Crippen LogP contribution < -0.4 is 15.4 Å². The van der Waals surface area contributed by atoms with Crippen molar-refractivity contribution in [2.45, 2.75) is 46.2 Å². The fraction of sp³-hybridized carbons (Fsp3) is 0.409. The van der Waals surface area contributed by atoms with Crippen molar-refractivity contribution in [3.63, 3.8) is 0 Å². The maximum absolute atomic E-state index is 5.83. The van der Waals surface area contributed by atoms with Gasteiger partial charge in [0, 0.05) is 22.9 Å². The summed E-state index contributed by atoms with van der Waals surface area (Å²) in [6.45, 7) is 10.1. The normalized spacial score (nSPS) is 11.7. The van der Waals surface area contributed by atoms with Gasteiger partial charge in [-0.25, -0.2) is 15.0 Å². The van der Waals surface area contributed by atoms with Crippen LogP contribution >= 0.6 is 35.3 Å². The Kier molecular flexibility index (Phi) is 9.30. The van der Waals surface area contributed by atoms with Crippen molar-refractivity contribution in [1.82, 2.24) is 20.6 Å². The highest BCUT2D eigenvalue weighted by atomic mass is 127. The second-order valence-corrected chi connectivity index (χ2v) is 8.65. The summed E-state index contributed by atoms with van der Waals surface area (Å²) in [4.78, 5) is 13.7. The van der Waals surface area contributed by atoms with Crippen LogP contribution in [0.2, 0.25) is 0 Å². The number of hydrogen-bond donors (Lipinski definition) is 2. The molecule has 0 atom stereocenters. The van der Waals surface area contributed by atoms with E-state index in [1.807, 2.05) is 36.6 Å². The van der Waals surface area contributed by atoms with Crippen LogP contribution in [0.5, 0.6) is 5.75 Å². The molecule has 0 saturated carbocycles. The first-order valence-corrected chi connectivity index (χ1v) is 10.8. The van der Waals surface area contributed by atoms with E-state index in [0.29, 0.717) is 24.9 Å². The molecule has 1 aromatic carbocycles. The third-order valence-electron chi connectivity index (χ3n) is 4.33. The van der Waals surface area contributed by atoms with Gasteiger partial charge in [-0.1, -0.05) is 20.8 Å². The molecule has 0 unspecified atom stereocenters. The van der Waals surface area contributed by atoms with Crippen molar-refractivity contribution in [2.75, 3.05) is 13.7 Å². The van der Waals surface area contributed by atoms with Gasteiger partial charge in [0.05, 0.1) is 32.1 Å². The zero-order valence-electron chi connectivity index (χ0n) is 18.6. The number of guanidine groups is 1. The predicted molar refractivity (Wildman–Crippen MR) is 136 cm³/mol. The van der Waals surface area contributed by atoms with Crippen LogP contribution in [0.4, 0.5) is 0 Å². The molecule has 2 aromatic heterocycles. The number of nitrogens with zero attached hydrogens (tertiary/aromatic N) is 3. The highest BCUT2D eigenvalue weighted by molar-refractivity contribution is 14.0. The Morgan fingerprint density at radius 3 is 2.55 bits per heavy atom. The molecule has 2 heterocycles. The Morgan fingerprint density at radius 1 is 1.19 bits per heavy atom. The lowest BCUT2D eigenvalue weighted by Crippen LogP contribution is -2.36. The number of methoxy groups -OCH3 is 1. The predicted octanol–water partition coefficient (Wildman–Crippen LogP) is 4.98. The molecular weight excluding hydrogens is 525 g/mol. The first-order chi connectivity index (χ1) is 14.4. The first-order valence-electron chi connectivity index (χ1n) is 9.95. The van der Waals surface area contributed by atoms with Gasteiger partial charge in [-0.15, -0.1) is 35.3 Å². The number of oxazole rings is 1. The van der Waals surface area contributed by atoms with Crippen molar-refractivity contribution in [3.8, 4) is 16.3 Å². The Bertz CT molecular complexity index is 976. The molecule has 0 aliphatic carbocycles. The topological polar surface area (TPSA) is 84.6 Å². The van der Waals surface area contributed by atoms with Crippen molar-refractivity contribution >= 4 is 41.3 Å². The van der Waals surface area contributed by atoms with Crippen molar-refractivity contribution in [3.05, 3.63) is 53.2 Å². The van der Waals surface area contributed by atoms with Crippen molar-refractivity contribution in [2.24, 2.45) is 4.99 Å². The molecule has 0 aliphatic rings. The molecule has 0 fully saturated rings. The van der Waals surface area contributed by atoms with Gasteiger partial charge in [0.1, 0.15) is 16.5 Å². The number of ether oxygens (including phenoxy) is 1. The number of benzene rings is 1. The first kappa shape index (κ1) is 25.1. The number of rotatable bonds is 7. The molecule has 3 aromatic rings. The zero-order valence-corrected chi connectivity index (χ0v) is 21.7. The molecule has 9 heteroatoms. The molecule has 2 N–H and O–H groups in total. The van der Waals surface area contributed by atoms with Gasteiger partial charge in [0.25, 0.3) is 0 Å². The minimum atomic E-state index is -0.0595. The van der Waals surface area contributed by atoms with Gasteiger partial charge in [-0.2, -0.15) is 0 Å². The maximum atomic E-state index is 5.83. The van der Waals surface area contributed by atoms with E-state index in [4.69, 9.17) is 14.1 Å². The molecule has 0 bridgehead atoms. The summed E-state index contributed by atoms with van der Waals surface area (Å²) in [6.07, 6.45) is 1.79. The third-order valence-corrected chi connectivity index (χ3v) is 5.27. The minimum Gasteiger partial charge on any atom is -0.497 e. The zero-order chi connectivity index (χ0) is 21.6. The number of thiazole rings is 1. The van der Waals surface area contributed by atoms with Crippen LogP contribution in [0.15, 0.2) is 45.3 Å². The van der Waals surface area contributed by atoms with Gasteiger partial charge in [-0.05, 0) is 31.2 Å². The van der Waals surface area contributed by atoms with E-state index in [1.165, 1.54) is 0 Å². The molecule has 0 saturated heterocycles.